The topological polar surface area (TPSA) is 90.7 Å². The van der Waals surface area contributed by atoms with Crippen LogP contribution in [0.3, 0.4) is 0 Å². The second-order valence-corrected chi connectivity index (χ2v) is 10.8. The molecule has 1 aliphatic heterocycles. The molecule has 2 heterocycles. The maximum atomic E-state index is 12.5. The van der Waals surface area contributed by atoms with Crippen molar-refractivity contribution >= 4 is 64.4 Å². The van der Waals surface area contributed by atoms with E-state index in [4.69, 9.17) is 11.6 Å². The number of para-hydroxylation sites is 1. The summed E-state index contributed by atoms with van der Waals surface area (Å²) in [5.41, 5.74) is 2.07. The molecule has 2 aromatic carbocycles. The Morgan fingerprint density at radius 3 is 2.56 bits per heavy atom. The van der Waals surface area contributed by atoms with Gasteiger partial charge in [-0.15, -0.1) is 0 Å². The zero-order valence-corrected chi connectivity index (χ0v) is 17.3. The molecule has 0 saturated carbocycles. The van der Waals surface area contributed by atoms with Gasteiger partial charge >= 0.3 is 167 Å². The van der Waals surface area contributed by atoms with Crippen molar-refractivity contribution in [3.8, 4) is 0 Å². The summed E-state index contributed by atoms with van der Waals surface area (Å²) in [4.78, 5) is 18.5. The molecule has 1 amide bonds. The average molecular weight is 465 g/mol. The Balaban J connectivity index is 1.76. The van der Waals surface area contributed by atoms with Crippen molar-refractivity contribution in [2.75, 3.05) is 10.7 Å². The summed E-state index contributed by atoms with van der Waals surface area (Å²) in [5.74, 6) is 0.196. The Bertz CT molecular complexity index is 1090. The first-order chi connectivity index (χ1) is 12.8. The average Bonchev–Trinajstić information content (AvgIpc) is 3.02. The number of carbonyl (C=O) groups is 1. The summed E-state index contributed by atoms with van der Waals surface area (Å²) in [7, 11) is 0. The monoisotopic (exact) mass is 464 g/mol. The van der Waals surface area contributed by atoms with E-state index in [0.29, 0.717) is 10.8 Å². The number of aromatic nitrogens is 1. The number of carbonyl (C=O) groups excluding carboxylic acids is 1. The van der Waals surface area contributed by atoms with Crippen LogP contribution in [-0.2, 0) is 8.53 Å². The van der Waals surface area contributed by atoms with Crippen LogP contribution in [0.15, 0.2) is 54.6 Å². The summed E-state index contributed by atoms with van der Waals surface area (Å²) in [5, 5.41) is 0.908. The maximum absolute atomic E-state index is 12.5. The Morgan fingerprint density at radius 1 is 1.15 bits per heavy atom. The van der Waals surface area contributed by atoms with Gasteiger partial charge in [0.25, 0.3) is 0 Å². The first kappa shape index (κ1) is 18.6. The summed E-state index contributed by atoms with van der Waals surface area (Å²) >= 11 is 2.88. The molecule has 0 aliphatic carbocycles. The van der Waals surface area contributed by atoms with Gasteiger partial charge < -0.3 is 0 Å². The van der Waals surface area contributed by atoms with Gasteiger partial charge in [0.2, 0.25) is 0 Å². The Labute approximate surface area is 167 Å². The van der Waals surface area contributed by atoms with E-state index in [0.717, 1.165) is 16.5 Å². The number of benzene rings is 2. The summed E-state index contributed by atoms with van der Waals surface area (Å²) in [6.07, 6.45) is 0. The molecule has 1 unspecified atom stereocenters. The number of nitrogens with zero attached hydrogens (tertiary/aromatic N) is 2. The molecule has 1 aromatic heterocycles. The normalized spacial score (nSPS) is 17.7. The van der Waals surface area contributed by atoms with Crippen LogP contribution in [0.25, 0.3) is 10.9 Å². The third-order valence-corrected chi connectivity index (χ3v) is 7.84. The van der Waals surface area contributed by atoms with Gasteiger partial charge in [-0.3, -0.25) is 0 Å². The number of amides is 1. The van der Waals surface area contributed by atoms with E-state index in [1.807, 2.05) is 30.3 Å². The van der Waals surface area contributed by atoms with E-state index in [9.17, 15) is 16.7 Å². The number of thioether (sulfide) groups is 1. The first-order valence-electron chi connectivity index (χ1n) is 7.99. The zero-order valence-electron chi connectivity index (χ0n) is 13.8. The van der Waals surface area contributed by atoms with Gasteiger partial charge in [0.1, 0.15) is 0 Å². The van der Waals surface area contributed by atoms with Crippen LogP contribution in [0.1, 0.15) is 10.9 Å². The summed E-state index contributed by atoms with van der Waals surface area (Å²) in [6.45, 7) is 0. The second kappa shape index (κ2) is 7.00. The number of pyridine rings is 1. The van der Waals surface area contributed by atoms with E-state index in [1.54, 1.807) is 17.0 Å². The third-order valence-electron chi connectivity index (χ3n) is 4.30. The van der Waals surface area contributed by atoms with E-state index in [1.165, 1.54) is 23.9 Å². The number of rotatable bonds is 3. The van der Waals surface area contributed by atoms with Crippen molar-refractivity contribution in [1.82, 2.24) is 4.98 Å². The summed E-state index contributed by atoms with van der Waals surface area (Å²) < 4.78 is 30.1. The Kier molecular flexibility index (Phi) is 4.82. The minimum atomic E-state index is -4.97. The fourth-order valence-corrected chi connectivity index (χ4v) is 5.65. The molecule has 0 bridgehead atoms. The number of hydrogen-bond acceptors (Lipinski definition) is 4. The van der Waals surface area contributed by atoms with Crippen molar-refractivity contribution < 1.29 is 16.7 Å². The zero-order chi connectivity index (χ0) is 19.2. The van der Waals surface area contributed by atoms with Gasteiger partial charge in [0, 0.05) is 0 Å². The predicted molar refractivity (Wildman–Crippen MR) is 106 cm³/mol. The fourth-order valence-electron chi connectivity index (χ4n) is 3.02. The van der Waals surface area contributed by atoms with Crippen molar-refractivity contribution in [2.24, 2.45) is 0 Å². The number of fused-ring (bicyclic) bond motifs is 1. The van der Waals surface area contributed by atoms with Crippen molar-refractivity contribution in [2.45, 2.75) is 5.37 Å². The molecule has 3 aromatic rings. The molecule has 1 fully saturated rings. The first-order valence-corrected chi connectivity index (χ1v) is 12.8. The molecular weight excluding hydrogens is 451 g/mol. The Morgan fingerprint density at radius 2 is 1.85 bits per heavy atom. The van der Waals surface area contributed by atoms with E-state index >= 15 is 0 Å². The SMILES string of the molecule is O=C1CSC(c2cc3ccccc3nc2Cl)N1c1ccc([As](=O)(O)O)cc1. The molecule has 9 heteroatoms. The molecule has 1 aliphatic rings. The summed E-state index contributed by atoms with van der Waals surface area (Å²) in [6, 6.07) is 15.4. The van der Waals surface area contributed by atoms with Gasteiger partial charge in [-0.25, -0.2) is 0 Å². The van der Waals surface area contributed by atoms with E-state index in [2.05, 4.69) is 4.98 Å². The Hall–Kier alpha value is -1.76. The van der Waals surface area contributed by atoms with Gasteiger partial charge in [-0.1, -0.05) is 0 Å². The standard InChI is InChI=1S/C18H14AsClN2O4S/c20-17-14(9-11-3-1-2-4-15(11)21-17)18-22(16(23)10-27-18)13-7-5-12(6-8-13)19(24,25)26/h1-9,18H,10H2,(H2,24,25,26). The van der Waals surface area contributed by atoms with Gasteiger partial charge in [-0.05, 0) is 0 Å². The van der Waals surface area contributed by atoms with E-state index in [-0.39, 0.29) is 21.4 Å². The number of hydrogen-bond donors (Lipinski definition) is 2. The van der Waals surface area contributed by atoms with Gasteiger partial charge in [-0.2, -0.15) is 0 Å². The van der Waals surface area contributed by atoms with Crippen LogP contribution >= 0.6 is 23.4 Å². The van der Waals surface area contributed by atoms with Gasteiger partial charge in [0.05, 0.1) is 0 Å². The van der Waals surface area contributed by atoms with Crippen molar-refractivity contribution in [1.29, 1.82) is 0 Å². The molecule has 2 N–H and O–H groups in total. The van der Waals surface area contributed by atoms with Crippen LogP contribution < -0.4 is 9.25 Å². The molecule has 0 radical (unpaired) electrons. The van der Waals surface area contributed by atoms with Crippen molar-refractivity contribution in [3.05, 3.63) is 65.3 Å². The fraction of sp³-hybridized carbons (Fsp3) is 0.111. The molecule has 6 nitrogen and oxygen atoms in total. The van der Waals surface area contributed by atoms with Crippen LogP contribution in [0, 0.1) is 0 Å². The van der Waals surface area contributed by atoms with E-state index < -0.39 is 14.2 Å². The van der Waals surface area contributed by atoms with Crippen LogP contribution in [-0.4, -0.2) is 39.0 Å². The molecule has 0 spiro atoms. The molecule has 4 rings (SSSR count). The molecule has 27 heavy (non-hydrogen) atoms. The molecule has 1 saturated heterocycles. The third kappa shape index (κ3) is 3.53. The quantitative estimate of drug-likeness (QED) is 0.456. The van der Waals surface area contributed by atoms with Crippen molar-refractivity contribution in [3.63, 3.8) is 0 Å². The number of anilines is 1. The molecule has 1 atom stereocenters. The van der Waals surface area contributed by atoms with Gasteiger partial charge in [0.15, 0.2) is 0 Å². The number of halogens is 1. The molecule has 138 valence electrons. The second-order valence-electron chi connectivity index (χ2n) is 6.05. The molecular formula is C18H14AsClN2O4S. The van der Waals surface area contributed by atoms with Crippen LogP contribution in [0.2, 0.25) is 5.15 Å². The predicted octanol–water partition coefficient (Wildman–Crippen LogP) is 2.23. The van der Waals surface area contributed by atoms with Crippen LogP contribution in [0.5, 0.6) is 0 Å². The minimum absolute atomic E-state index is 0.0295. The van der Waals surface area contributed by atoms with Crippen LogP contribution in [0.4, 0.5) is 5.69 Å².